The molecule has 0 radical (unpaired) electrons. The average molecular weight is 270 g/mol. The highest BCUT2D eigenvalue weighted by Crippen LogP contribution is 2.34. The molecule has 2 rings (SSSR count). The summed E-state index contributed by atoms with van der Waals surface area (Å²) in [6.45, 7) is 2.95. The first-order valence-corrected chi connectivity index (χ1v) is 6.34. The minimum absolute atomic E-state index is 0.0244. The van der Waals surface area contributed by atoms with Gasteiger partial charge in [0, 0.05) is 13.6 Å². The summed E-state index contributed by atoms with van der Waals surface area (Å²) in [5, 5.41) is 0. The molecule has 0 saturated heterocycles. The zero-order valence-corrected chi connectivity index (χ0v) is 11.3. The quantitative estimate of drug-likeness (QED) is 0.785. The van der Waals surface area contributed by atoms with E-state index in [1.807, 2.05) is 19.1 Å². The van der Waals surface area contributed by atoms with Gasteiger partial charge in [0.15, 0.2) is 11.5 Å². The van der Waals surface area contributed by atoms with Gasteiger partial charge < -0.3 is 14.4 Å². The molecule has 1 amide bonds. The van der Waals surface area contributed by atoms with Crippen LogP contribution in [0.15, 0.2) is 12.1 Å². The van der Waals surface area contributed by atoms with Gasteiger partial charge in [0.05, 0.1) is 0 Å². The number of fused-ring (bicyclic) bond motifs is 1. The van der Waals surface area contributed by atoms with Crippen molar-refractivity contribution in [2.24, 2.45) is 0 Å². The fraction of sp³-hybridized carbons (Fsp3) is 0.462. The van der Waals surface area contributed by atoms with E-state index in [0.717, 1.165) is 29.0 Å². The van der Waals surface area contributed by atoms with Gasteiger partial charge >= 0.3 is 0 Å². The van der Waals surface area contributed by atoms with Crippen molar-refractivity contribution in [3.63, 3.8) is 0 Å². The molecule has 0 N–H and O–H groups in total. The number of hydrogen-bond donors (Lipinski definition) is 0. The zero-order chi connectivity index (χ0) is 13.1. The third-order valence-electron chi connectivity index (χ3n) is 3.09. The first kappa shape index (κ1) is 13.0. The highest BCUT2D eigenvalue weighted by atomic mass is 35.5. The molecule has 0 atom stereocenters. The largest absolute Gasteiger partial charge is 0.454 e. The lowest BCUT2D eigenvalue weighted by Gasteiger charge is -2.16. The molecule has 5 heteroatoms. The summed E-state index contributed by atoms with van der Waals surface area (Å²) in [7, 11) is 1.76. The van der Waals surface area contributed by atoms with Crippen LogP contribution in [-0.4, -0.2) is 37.1 Å². The zero-order valence-electron chi connectivity index (χ0n) is 10.5. The maximum absolute atomic E-state index is 11.4. The Morgan fingerprint density at radius 3 is 2.72 bits per heavy atom. The number of likely N-dealkylation sites (N-methyl/N-ethyl adjacent to an activating group) is 1. The number of aryl methyl sites for hydroxylation is 1. The number of rotatable bonds is 4. The van der Waals surface area contributed by atoms with E-state index in [2.05, 4.69) is 0 Å². The van der Waals surface area contributed by atoms with Crippen molar-refractivity contribution < 1.29 is 14.3 Å². The number of benzene rings is 1. The number of carbonyl (C=O) groups excluding carboxylic acids is 1. The van der Waals surface area contributed by atoms with Crippen molar-refractivity contribution in [3.8, 4) is 11.5 Å². The maximum Gasteiger partial charge on any atom is 0.237 e. The smallest absolute Gasteiger partial charge is 0.237 e. The highest BCUT2D eigenvalue weighted by Gasteiger charge is 2.16. The van der Waals surface area contributed by atoms with Crippen LogP contribution in [-0.2, 0) is 11.2 Å². The van der Waals surface area contributed by atoms with Crippen LogP contribution in [0.25, 0.3) is 0 Å². The normalized spacial score (nSPS) is 12.6. The van der Waals surface area contributed by atoms with E-state index >= 15 is 0 Å². The molecule has 1 aliphatic rings. The summed E-state index contributed by atoms with van der Waals surface area (Å²) in [4.78, 5) is 13.0. The molecule has 1 heterocycles. The van der Waals surface area contributed by atoms with Crippen LogP contribution in [0.5, 0.6) is 11.5 Å². The van der Waals surface area contributed by atoms with E-state index in [4.69, 9.17) is 21.1 Å². The summed E-state index contributed by atoms with van der Waals surface area (Å²) in [5.74, 6) is 1.54. The van der Waals surface area contributed by atoms with Crippen molar-refractivity contribution in [1.82, 2.24) is 4.90 Å². The Morgan fingerprint density at radius 1 is 1.39 bits per heavy atom. The number of carbonyl (C=O) groups is 1. The van der Waals surface area contributed by atoms with Gasteiger partial charge in [0.25, 0.3) is 0 Å². The lowest BCUT2D eigenvalue weighted by molar-refractivity contribution is -0.127. The van der Waals surface area contributed by atoms with Gasteiger partial charge in [-0.3, -0.25) is 4.79 Å². The molecule has 0 fully saturated rings. The van der Waals surface area contributed by atoms with E-state index in [1.54, 1.807) is 11.9 Å². The number of nitrogens with zero attached hydrogens (tertiary/aromatic N) is 1. The van der Waals surface area contributed by atoms with Gasteiger partial charge in [-0.1, -0.05) is 0 Å². The van der Waals surface area contributed by atoms with Crippen LogP contribution in [0.1, 0.15) is 11.1 Å². The molecular formula is C13H16ClNO3. The van der Waals surface area contributed by atoms with E-state index in [1.165, 1.54) is 0 Å². The molecule has 18 heavy (non-hydrogen) atoms. The summed E-state index contributed by atoms with van der Waals surface area (Å²) >= 11 is 5.51. The van der Waals surface area contributed by atoms with E-state index < -0.39 is 0 Å². The minimum Gasteiger partial charge on any atom is -0.454 e. The van der Waals surface area contributed by atoms with E-state index in [9.17, 15) is 4.79 Å². The molecule has 0 aliphatic carbocycles. The Bertz CT molecular complexity index is 462. The Labute approximate surface area is 111 Å². The predicted molar refractivity (Wildman–Crippen MR) is 69.4 cm³/mol. The fourth-order valence-electron chi connectivity index (χ4n) is 1.87. The van der Waals surface area contributed by atoms with Crippen LogP contribution in [0.4, 0.5) is 0 Å². The molecule has 0 bridgehead atoms. The van der Waals surface area contributed by atoms with E-state index in [-0.39, 0.29) is 18.6 Å². The van der Waals surface area contributed by atoms with Gasteiger partial charge in [0.1, 0.15) is 5.88 Å². The lowest BCUT2D eigenvalue weighted by atomic mass is 10.0. The monoisotopic (exact) mass is 269 g/mol. The molecular weight excluding hydrogens is 254 g/mol. The van der Waals surface area contributed by atoms with Crippen LogP contribution >= 0.6 is 11.6 Å². The molecule has 0 spiro atoms. The van der Waals surface area contributed by atoms with Gasteiger partial charge in [0.2, 0.25) is 12.7 Å². The molecule has 4 nitrogen and oxygen atoms in total. The number of amides is 1. The number of ether oxygens (including phenoxy) is 2. The predicted octanol–water partition coefficient (Wildman–Crippen LogP) is 1.96. The second-order valence-corrected chi connectivity index (χ2v) is 4.60. The topological polar surface area (TPSA) is 38.8 Å². The van der Waals surface area contributed by atoms with Gasteiger partial charge in [-0.2, -0.15) is 0 Å². The van der Waals surface area contributed by atoms with Crippen molar-refractivity contribution in [1.29, 1.82) is 0 Å². The minimum atomic E-state index is -0.0601. The first-order chi connectivity index (χ1) is 8.61. The second-order valence-electron chi connectivity index (χ2n) is 4.33. The third kappa shape index (κ3) is 2.70. The number of halogens is 1. The van der Waals surface area contributed by atoms with E-state index in [0.29, 0.717) is 6.54 Å². The molecule has 0 unspecified atom stereocenters. The van der Waals surface area contributed by atoms with Crippen LogP contribution in [0.3, 0.4) is 0 Å². The molecule has 1 aromatic carbocycles. The Kier molecular flexibility index (Phi) is 3.97. The van der Waals surface area contributed by atoms with Gasteiger partial charge in [-0.25, -0.2) is 0 Å². The van der Waals surface area contributed by atoms with Crippen molar-refractivity contribution in [3.05, 3.63) is 23.3 Å². The van der Waals surface area contributed by atoms with Gasteiger partial charge in [-0.15, -0.1) is 11.6 Å². The second kappa shape index (κ2) is 5.48. The SMILES string of the molecule is Cc1cc2c(cc1CCN(C)C(=O)CCl)OCO2. The summed E-state index contributed by atoms with van der Waals surface area (Å²) < 4.78 is 10.7. The molecule has 1 aromatic rings. The summed E-state index contributed by atoms with van der Waals surface area (Å²) in [6, 6.07) is 3.96. The Balaban J connectivity index is 2.04. The van der Waals surface area contributed by atoms with Gasteiger partial charge in [-0.05, 0) is 36.6 Å². The lowest BCUT2D eigenvalue weighted by Crippen LogP contribution is -2.29. The standard InChI is InChI=1S/C13H16ClNO3/c1-9-5-11-12(18-8-17-11)6-10(9)3-4-15(2)13(16)7-14/h5-6H,3-4,7-8H2,1-2H3. The highest BCUT2D eigenvalue weighted by molar-refractivity contribution is 6.27. The maximum atomic E-state index is 11.4. The van der Waals surface area contributed by atoms with Crippen LogP contribution < -0.4 is 9.47 Å². The first-order valence-electron chi connectivity index (χ1n) is 5.81. The summed E-state index contributed by atoms with van der Waals surface area (Å²) in [5.41, 5.74) is 2.31. The summed E-state index contributed by atoms with van der Waals surface area (Å²) in [6.07, 6.45) is 0.779. The van der Waals surface area contributed by atoms with Crippen LogP contribution in [0, 0.1) is 6.92 Å². The van der Waals surface area contributed by atoms with Crippen molar-refractivity contribution in [2.45, 2.75) is 13.3 Å². The van der Waals surface area contributed by atoms with Crippen molar-refractivity contribution in [2.75, 3.05) is 26.3 Å². The average Bonchev–Trinajstić information content (AvgIpc) is 2.81. The third-order valence-corrected chi connectivity index (χ3v) is 3.32. The van der Waals surface area contributed by atoms with Crippen molar-refractivity contribution >= 4 is 17.5 Å². The Hall–Kier alpha value is -1.42. The Morgan fingerprint density at radius 2 is 2.06 bits per heavy atom. The number of hydrogen-bond acceptors (Lipinski definition) is 3. The number of alkyl halides is 1. The molecule has 0 aromatic heterocycles. The molecule has 1 aliphatic heterocycles. The molecule has 98 valence electrons. The van der Waals surface area contributed by atoms with Crippen LogP contribution in [0.2, 0.25) is 0 Å². The fourth-order valence-corrected chi connectivity index (χ4v) is 2.07. The molecule has 0 saturated carbocycles.